The Hall–Kier alpha value is -1.54. The highest BCUT2D eigenvalue weighted by molar-refractivity contribution is 5.83. The summed E-state index contributed by atoms with van der Waals surface area (Å²) in [4.78, 5) is 20.8. The van der Waals surface area contributed by atoms with Gasteiger partial charge in [0.05, 0.1) is 6.04 Å². The highest BCUT2D eigenvalue weighted by Crippen LogP contribution is 1.93. The van der Waals surface area contributed by atoms with Crippen molar-refractivity contribution in [3.63, 3.8) is 0 Å². The number of rotatable bonds is 4. The molecule has 0 aromatic heterocycles. The van der Waals surface area contributed by atoms with E-state index in [1.165, 1.54) is 0 Å². The molecule has 0 bridgehead atoms. The fraction of sp³-hybridized carbons (Fsp3) is 0.429. The Morgan fingerprint density at radius 2 is 2.25 bits per heavy atom. The van der Waals surface area contributed by atoms with Gasteiger partial charge in [0.1, 0.15) is 0 Å². The molecular weight excluding hydrogens is 160 g/mol. The number of nitrogens with one attached hydrogen (secondary N) is 1. The number of nitrogens with two attached hydrogens (primary N) is 1. The predicted octanol–water partition coefficient (Wildman–Crippen LogP) is -1.11. The zero-order valence-corrected chi connectivity index (χ0v) is 6.41. The third kappa shape index (κ3) is 4.30. The van der Waals surface area contributed by atoms with Gasteiger partial charge < -0.3 is 10.8 Å². The number of amides is 1. The lowest BCUT2D eigenvalue weighted by Crippen LogP contribution is -2.38. The van der Waals surface area contributed by atoms with Crippen LogP contribution in [0.5, 0.6) is 0 Å². The van der Waals surface area contributed by atoms with E-state index in [0.717, 1.165) is 0 Å². The number of terminal acetylenes is 1. The molecule has 4 N–H and O–H groups in total. The smallest absolute Gasteiger partial charge is 0.303 e. The summed E-state index contributed by atoms with van der Waals surface area (Å²) in [5.41, 5.74) is 5.28. The van der Waals surface area contributed by atoms with Crippen LogP contribution in [0.1, 0.15) is 12.8 Å². The summed E-state index contributed by atoms with van der Waals surface area (Å²) in [5, 5.41) is 10.3. The van der Waals surface area contributed by atoms with Gasteiger partial charge in [0.2, 0.25) is 5.91 Å². The monoisotopic (exact) mass is 170 g/mol. The van der Waals surface area contributed by atoms with Crippen molar-refractivity contribution < 1.29 is 14.7 Å². The largest absolute Gasteiger partial charge is 0.481 e. The predicted molar refractivity (Wildman–Crippen MR) is 41.8 cm³/mol. The van der Waals surface area contributed by atoms with Gasteiger partial charge in [0, 0.05) is 12.5 Å². The lowest BCUT2D eigenvalue weighted by molar-refractivity contribution is -0.137. The summed E-state index contributed by atoms with van der Waals surface area (Å²) in [6, 6.07) is 1.06. The van der Waals surface area contributed by atoms with E-state index in [2.05, 4.69) is 0 Å². The molecule has 0 saturated heterocycles. The Balaban J connectivity index is 3.73. The Morgan fingerprint density at radius 3 is 2.67 bits per heavy atom. The minimum atomic E-state index is -0.987. The average Bonchev–Trinajstić information content (AvgIpc) is 2.00. The molecule has 1 amide bonds. The summed E-state index contributed by atoms with van der Waals surface area (Å²) in [5.74, 6) is -1.52. The maximum absolute atomic E-state index is 10.8. The van der Waals surface area contributed by atoms with Crippen molar-refractivity contribution >= 4 is 11.9 Å². The fourth-order valence-corrected chi connectivity index (χ4v) is 0.574. The first-order valence-corrected chi connectivity index (χ1v) is 3.30. The molecule has 1 atom stereocenters. The molecule has 66 valence electrons. The first kappa shape index (κ1) is 10.5. The molecule has 0 aliphatic carbocycles. The van der Waals surface area contributed by atoms with Crippen LogP contribution in [0.4, 0.5) is 0 Å². The highest BCUT2D eigenvalue weighted by atomic mass is 16.4. The fourth-order valence-electron chi connectivity index (χ4n) is 0.574. The van der Waals surface area contributed by atoms with Gasteiger partial charge in [-0.2, -0.15) is 0 Å². The maximum atomic E-state index is 10.8. The van der Waals surface area contributed by atoms with Gasteiger partial charge in [-0.15, -0.1) is 0 Å². The molecule has 12 heavy (non-hydrogen) atoms. The Bertz CT molecular complexity index is 219. The molecule has 0 radical (unpaired) electrons. The van der Waals surface area contributed by atoms with Crippen LogP contribution in [-0.4, -0.2) is 23.0 Å². The van der Waals surface area contributed by atoms with Crippen LogP contribution in [0.3, 0.4) is 0 Å². The van der Waals surface area contributed by atoms with Crippen LogP contribution in [0.2, 0.25) is 0 Å². The zero-order valence-electron chi connectivity index (χ0n) is 6.41. The van der Waals surface area contributed by atoms with Crippen molar-refractivity contribution in [2.24, 2.45) is 5.73 Å². The molecule has 0 aliphatic heterocycles. The third-order valence-corrected chi connectivity index (χ3v) is 1.20. The topological polar surface area (TPSA) is 92.4 Å². The van der Waals surface area contributed by atoms with Crippen molar-refractivity contribution in [2.45, 2.75) is 18.9 Å². The van der Waals surface area contributed by atoms with E-state index in [0.29, 0.717) is 0 Å². The van der Waals surface area contributed by atoms with Gasteiger partial charge in [-0.3, -0.25) is 14.9 Å². The molecular formula is C7H10N2O3. The number of hydrogen-bond acceptors (Lipinski definition) is 3. The maximum Gasteiger partial charge on any atom is 0.303 e. The van der Waals surface area contributed by atoms with Crippen molar-refractivity contribution in [3.05, 3.63) is 0 Å². The SMILES string of the molecule is C#CNC(=O)C(N)CCC(=O)O. The van der Waals surface area contributed by atoms with Gasteiger partial charge in [0.25, 0.3) is 0 Å². The van der Waals surface area contributed by atoms with Crippen molar-refractivity contribution in [2.75, 3.05) is 0 Å². The van der Waals surface area contributed by atoms with Crippen LogP contribution in [0.15, 0.2) is 0 Å². The molecule has 0 aromatic carbocycles. The van der Waals surface area contributed by atoms with E-state index in [4.69, 9.17) is 17.3 Å². The van der Waals surface area contributed by atoms with Crippen LogP contribution >= 0.6 is 0 Å². The van der Waals surface area contributed by atoms with Crippen LogP contribution in [0, 0.1) is 12.5 Å². The van der Waals surface area contributed by atoms with Gasteiger partial charge in [-0.25, -0.2) is 0 Å². The van der Waals surface area contributed by atoms with E-state index < -0.39 is 17.9 Å². The lowest BCUT2D eigenvalue weighted by Gasteiger charge is -2.06. The molecule has 5 nitrogen and oxygen atoms in total. The van der Waals surface area contributed by atoms with E-state index in [1.54, 1.807) is 0 Å². The second kappa shape index (κ2) is 5.16. The van der Waals surface area contributed by atoms with E-state index in [1.807, 2.05) is 11.4 Å². The molecule has 5 heteroatoms. The number of carboxylic acid groups (broad SMARTS) is 1. The summed E-state index contributed by atoms with van der Waals surface area (Å²) >= 11 is 0. The van der Waals surface area contributed by atoms with Crippen molar-refractivity contribution in [3.8, 4) is 12.5 Å². The van der Waals surface area contributed by atoms with Crippen molar-refractivity contribution in [1.82, 2.24) is 5.32 Å². The highest BCUT2D eigenvalue weighted by Gasteiger charge is 2.13. The molecule has 0 heterocycles. The zero-order chi connectivity index (χ0) is 9.56. The van der Waals surface area contributed by atoms with Gasteiger partial charge in [0.15, 0.2) is 0 Å². The van der Waals surface area contributed by atoms with Crippen LogP contribution < -0.4 is 11.1 Å². The summed E-state index contributed by atoms with van der Waals surface area (Å²) < 4.78 is 0. The number of carboxylic acids is 1. The standard InChI is InChI=1S/C7H10N2O3/c1-2-9-7(12)5(8)3-4-6(10)11/h1,5H,3-4,8H2,(H,9,12)(H,10,11). The Labute approximate surface area is 69.9 Å². The van der Waals surface area contributed by atoms with Gasteiger partial charge in [-0.1, -0.05) is 6.42 Å². The number of carbonyl (C=O) groups excluding carboxylic acids is 1. The first-order chi connectivity index (χ1) is 5.57. The molecule has 0 aliphatic rings. The number of hydrogen-bond donors (Lipinski definition) is 3. The van der Waals surface area contributed by atoms with Crippen molar-refractivity contribution in [1.29, 1.82) is 0 Å². The van der Waals surface area contributed by atoms with Crippen LogP contribution in [0.25, 0.3) is 0 Å². The van der Waals surface area contributed by atoms with Crippen LogP contribution in [-0.2, 0) is 9.59 Å². The molecule has 0 spiro atoms. The van der Waals surface area contributed by atoms with Gasteiger partial charge >= 0.3 is 5.97 Å². The normalized spacial score (nSPS) is 11.3. The second-order valence-corrected chi connectivity index (χ2v) is 2.17. The molecule has 0 rings (SSSR count). The van der Waals surface area contributed by atoms with E-state index in [9.17, 15) is 9.59 Å². The third-order valence-electron chi connectivity index (χ3n) is 1.20. The average molecular weight is 170 g/mol. The number of carbonyl (C=O) groups is 2. The second-order valence-electron chi connectivity index (χ2n) is 2.17. The summed E-state index contributed by atoms with van der Waals surface area (Å²) in [6.07, 6.45) is 4.72. The summed E-state index contributed by atoms with van der Waals surface area (Å²) in [6.45, 7) is 0. The molecule has 0 saturated carbocycles. The Kier molecular flexibility index (Phi) is 4.49. The molecule has 1 unspecified atom stereocenters. The minimum Gasteiger partial charge on any atom is -0.481 e. The quantitative estimate of drug-likeness (QED) is 0.368. The van der Waals surface area contributed by atoms with E-state index >= 15 is 0 Å². The molecule has 0 fully saturated rings. The Morgan fingerprint density at radius 1 is 1.67 bits per heavy atom. The lowest BCUT2D eigenvalue weighted by atomic mass is 10.1. The first-order valence-electron chi connectivity index (χ1n) is 3.30. The van der Waals surface area contributed by atoms with E-state index in [-0.39, 0.29) is 12.8 Å². The van der Waals surface area contributed by atoms with Gasteiger partial charge in [-0.05, 0) is 6.42 Å². The number of aliphatic carboxylic acids is 1. The summed E-state index contributed by atoms with van der Waals surface area (Å²) in [7, 11) is 0. The minimum absolute atomic E-state index is 0.0862. The molecule has 0 aromatic rings.